The summed E-state index contributed by atoms with van der Waals surface area (Å²) in [4.78, 5) is 16.7. The van der Waals surface area contributed by atoms with Gasteiger partial charge in [0.05, 0.1) is 17.5 Å². The van der Waals surface area contributed by atoms with Crippen LogP contribution in [0, 0.1) is 18.7 Å². The van der Waals surface area contributed by atoms with Crippen LogP contribution in [0.5, 0.6) is 5.75 Å². The Kier molecular flexibility index (Phi) is 8.12. The molecular weight excluding hydrogens is 499 g/mol. The maximum Gasteiger partial charge on any atom is 0.243 e. The van der Waals surface area contributed by atoms with Crippen LogP contribution in [-0.2, 0) is 21.2 Å². The minimum absolute atomic E-state index is 0.0370. The molecule has 1 aliphatic rings. The van der Waals surface area contributed by atoms with E-state index in [2.05, 4.69) is 0 Å². The lowest BCUT2D eigenvalue weighted by Crippen LogP contribution is -2.48. The molecule has 6 nitrogen and oxygen atoms in total. The van der Waals surface area contributed by atoms with Gasteiger partial charge in [0.2, 0.25) is 15.9 Å². The van der Waals surface area contributed by atoms with Gasteiger partial charge in [-0.25, -0.2) is 12.8 Å². The number of amides is 1. The van der Waals surface area contributed by atoms with Crippen molar-refractivity contribution in [2.45, 2.75) is 38.1 Å². The third-order valence-electron chi connectivity index (χ3n) is 6.16. The van der Waals surface area contributed by atoms with E-state index in [4.69, 9.17) is 4.74 Å². The van der Waals surface area contributed by atoms with E-state index >= 15 is 0 Å². The summed E-state index contributed by atoms with van der Waals surface area (Å²) in [6.07, 6.45) is 0.699. The molecule has 192 valence electrons. The van der Waals surface area contributed by atoms with E-state index in [0.29, 0.717) is 18.7 Å². The van der Waals surface area contributed by atoms with E-state index in [1.165, 1.54) is 21.3 Å². The van der Waals surface area contributed by atoms with Crippen molar-refractivity contribution in [1.29, 1.82) is 0 Å². The summed E-state index contributed by atoms with van der Waals surface area (Å²) in [7, 11) is -3.86. The van der Waals surface area contributed by atoms with Gasteiger partial charge in [0.15, 0.2) is 0 Å². The third-order valence-corrected chi connectivity index (χ3v) is 8.98. The molecule has 2 aromatic carbocycles. The maximum atomic E-state index is 13.6. The zero-order valence-electron chi connectivity index (χ0n) is 20.7. The standard InChI is InChI=1S/C27H31FN2O4S2/c1-19(2)16-29(36(32,33)23-9-7-20(3)8-10-23)17-27(31)30-13-11-26-24(12-14-35-26)25(30)18-34-22-6-4-5-21(28)15-22/h4-10,12,14-15,19,25H,11,13,16-18H2,1-3H3. The monoisotopic (exact) mass is 530 g/mol. The number of rotatable bonds is 9. The summed E-state index contributed by atoms with van der Waals surface area (Å²) in [5, 5.41) is 1.99. The lowest BCUT2D eigenvalue weighted by Gasteiger charge is -2.37. The van der Waals surface area contributed by atoms with Crippen LogP contribution in [0.25, 0.3) is 0 Å². The van der Waals surface area contributed by atoms with Crippen LogP contribution >= 0.6 is 11.3 Å². The number of hydrogen-bond acceptors (Lipinski definition) is 5. The van der Waals surface area contributed by atoms with Crippen LogP contribution < -0.4 is 4.74 Å². The maximum absolute atomic E-state index is 13.6. The highest BCUT2D eigenvalue weighted by Gasteiger charge is 2.35. The van der Waals surface area contributed by atoms with Gasteiger partial charge in [-0.2, -0.15) is 4.31 Å². The summed E-state index contributed by atoms with van der Waals surface area (Å²) >= 11 is 1.63. The summed E-state index contributed by atoms with van der Waals surface area (Å²) in [5.74, 6) is -0.259. The van der Waals surface area contributed by atoms with Gasteiger partial charge in [-0.05, 0) is 60.5 Å². The number of benzene rings is 2. The van der Waals surface area contributed by atoms with Crippen LogP contribution in [0.3, 0.4) is 0 Å². The molecule has 36 heavy (non-hydrogen) atoms. The fraction of sp³-hybridized carbons (Fsp3) is 0.370. The molecule has 0 bridgehead atoms. The van der Waals surface area contributed by atoms with Gasteiger partial charge in [0.25, 0.3) is 0 Å². The molecule has 9 heteroatoms. The first kappa shape index (κ1) is 26.3. The van der Waals surface area contributed by atoms with Crippen molar-refractivity contribution >= 4 is 27.3 Å². The summed E-state index contributed by atoms with van der Waals surface area (Å²) in [6.45, 7) is 6.32. The molecule has 1 aliphatic heterocycles. The predicted molar refractivity (Wildman–Crippen MR) is 139 cm³/mol. The van der Waals surface area contributed by atoms with Crippen LogP contribution in [0.1, 0.15) is 35.9 Å². The first-order valence-corrected chi connectivity index (χ1v) is 14.3. The van der Waals surface area contributed by atoms with Crippen molar-refractivity contribution in [3.63, 3.8) is 0 Å². The Morgan fingerprint density at radius 1 is 1.19 bits per heavy atom. The SMILES string of the molecule is Cc1ccc(S(=O)(=O)N(CC(=O)N2CCc3sccc3C2COc2cccc(F)c2)CC(C)C)cc1. The van der Waals surface area contributed by atoms with Crippen molar-refractivity contribution in [3.05, 3.63) is 81.8 Å². The molecule has 0 fully saturated rings. The molecule has 1 amide bonds. The number of hydrogen-bond donors (Lipinski definition) is 0. The van der Waals surface area contributed by atoms with Gasteiger partial charge in [0, 0.05) is 24.0 Å². The Hall–Kier alpha value is -2.75. The largest absolute Gasteiger partial charge is 0.491 e. The third kappa shape index (κ3) is 5.96. The average Bonchev–Trinajstić information content (AvgIpc) is 3.31. The highest BCUT2D eigenvalue weighted by Crippen LogP contribution is 2.34. The van der Waals surface area contributed by atoms with Crippen LogP contribution in [-0.4, -0.2) is 49.8 Å². The molecule has 2 heterocycles. The molecule has 0 N–H and O–H groups in total. The minimum Gasteiger partial charge on any atom is -0.491 e. The molecule has 0 saturated carbocycles. The highest BCUT2D eigenvalue weighted by molar-refractivity contribution is 7.89. The van der Waals surface area contributed by atoms with E-state index in [1.54, 1.807) is 52.6 Å². The van der Waals surface area contributed by atoms with Gasteiger partial charge in [0.1, 0.15) is 18.2 Å². The molecule has 0 saturated heterocycles. The predicted octanol–water partition coefficient (Wildman–Crippen LogP) is 5.05. The fourth-order valence-corrected chi connectivity index (χ4v) is 6.84. The van der Waals surface area contributed by atoms with Gasteiger partial charge in [-0.1, -0.05) is 37.6 Å². The number of thiophene rings is 1. The Bertz CT molecular complexity index is 1310. The highest BCUT2D eigenvalue weighted by atomic mass is 32.2. The second kappa shape index (κ2) is 11.1. The zero-order valence-corrected chi connectivity index (χ0v) is 22.3. The number of sulfonamides is 1. The summed E-state index contributed by atoms with van der Waals surface area (Å²) in [6, 6.07) is 14.2. The van der Waals surface area contributed by atoms with Crippen LogP contribution in [0.15, 0.2) is 64.9 Å². The second-order valence-electron chi connectivity index (χ2n) is 9.42. The molecule has 1 unspecified atom stereocenters. The zero-order chi connectivity index (χ0) is 25.9. The molecule has 4 rings (SSSR count). The molecule has 3 aromatic rings. The molecule has 1 atom stereocenters. The molecule has 0 spiro atoms. The Labute approximate surface area is 216 Å². The van der Waals surface area contributed by atoms with Gasteiger partial charge in [-0.15, -0.1) is 11.3 Å². The number of aryl methyl sites for hydroxylation is 1. The van der Waals surface area contributed by atoms with E-state index in [9.17, 15) is 17.6 Å². The normalized spacial score (nSPS) is 15.8. The number of fused-ring (bicyclic) bond motifs is 1. The Morgan fingerprint density at radius 2 is 1.94 bits per heavy atom. The van der Waals surface area contributed by atoms with Crippen molar-refractivity contribution in [2.24, 2.45) is 5.92 Å². The average molecular weight is 531 g/mol. The first-order valence-electron chi connectivity index (χ1n) is 12.0. The van der Waals surface area contributed by atoms with Gasteiger partial charge in [-0.3, -0.25) is 4.79 Å². The lowest BCUT2D eigenvalue weighted by atomic mass is 10.0. The van der Waals surface area contributed by atoms with Gasteiger partial charge < -0.3 is 9.64 Å². The Balaban J connectivity index is 1.57. The molecule has 0 aliphatic carbocycles. The molecule has 1 aromatic heterocycles. The molecule has 0 radical (unpaired) electrons. The van der Waals surface area contributed by atoms with Crippen LogP contribution in [0.2, 0.25) is 0 Å². The van der Waals surface area contributed by atoms with Crippen molar-refractivity contribution in [3.8, 4) is 5.75 Å². The van der Waals surface area contributed by atoms with E-state index < -0.39 is 21.9 Å². The summed E-state index contributed by atoms with van der Waals surface area (Å²) < 4.78 is 47.8. The number of ether oxygens (including phenoxy) is 1. The van der Waals surface area contributed by atoms with E-state index in [1.807, 2.05) is 32.2 Å². The van der Waals surface area contributed by atoms with Crippen molar-refractivity contribution in [1.82, 2.24) is 9.21 Å². The second-order valence-corrected chi connectivity index (χ2v) is 12.4. The Morgan fingerprint density at radius 3 is 2.64 bits per heavy atom. The molecular formula is C27H31FN2O4S2. The van der Waals surface area contributed by atoms with Gasteiger partial charge >= 0.3 is 0 Å². The van der Waals surface area contributed by atoms with Crippen molar-refractivity contribution in [2.75, 3.05) is 26.2 Å². The van der Waals surface area contributed by atoms with Crippen molar-refractivity contribution < 1.29 is 22.3 Å². The minimum atomic E-state index is -3.86. The number of nitrogens with zero attached hydrogens (tertiary/aromatic N) is 2. The first-order chi connectivity index (χ1) is 17.1. The number of carbonyl (C=O) groups is 1. The van der Waals surface area contributed by atoms with E-state index in [0.717, 1.165) is 11.1 Å². The summed E-state index contributed by atoms with van der Waals surface area (Å²) in [5.41, 5.74) is 1.95. The van der Waals surface area contributed by atoms with Crippen LogP contribution in [0.4, 0.5) is 4.39 Å². The lowest BCUT2D eigenvalue weighted by molar-refractivity contribution is -0.135. The van der Waals surface area contributed by atoms with E-state index in [-0.39, 0.29) is 36.4 Å². The topological polar surface area (TPSA) is 66.9 Å². The quantitative estimate of drug-likeness (QED) is 0.389. The smallest absolute Gasteiger partial charge is 0.243 e. The number of carbonyl (C=O) groups excluding carboxylic acids is 1. The fourth-order valence-electron chi connectivity index (χ4n) is 4.36. The number of halogens is 1.